The molecule has 4 amide bonds. The van der Waals surface area contributed by atoms with Gasteiger partial charge in [-0.3, -0.25) is 23.9 Å². The van der Waals surface area contributed by atoms with E-state index in [1.165, 1.54) is 64.9 Å². The van der Waals surface area contributed by atoms with Crippen LogP contribution in [0.15, 0.2) is 166 Å². The summed E-state index contributed by atoms with van der Waals surface area (Å²) >= 11 is 0. The molecule has 4 heterocycles. The molecule has 23 heteroatoms. The molecule has 3 aliphatic rings. The van der Waals surface area contributed by atoms with Crippen LogP contribution in [0.4, 0.5) is 23.0 Å². The zero-order valence-electron chi connectivity index (χ0n) is 52.2. The summed E-state index contributed by atoms with van der Waals surface area (Å²) < 4.78 is 55.2. The van der Waals surface area contributed by atoms with E-state index >= 15 is 0 Å². The molecule has 0 radical (unpaired) electrons. The van der Waals surface area contributed by atoms with E-state index in [0.29, 0.717) is 123 Å². The second-order valence-electron chi connectivity index (χ2n) is 20.8. The van der Waals surface area contributed by atoms with Gasteiger partial charge in [-0.1, -0.05) is 83.7 Å². The van der Waals surface area contributed by atoms with Gasteiger partial charge in [-0.2, -0.15) is 0 Å². The Kier molecular flexibility index (Phi) is 27.1. The van der Waals surface area contributed by atoms with Crippen molar-refractivity contribution in [3.8, 4) is 11.3 Å². The summed E-state index contributed by atoms with van der Waals surface area (Å²) in [5, 5.41) is 6.30. The molecule has 6 aromatic rings. The number of amides is 4. The number of hydrogen-bond donors (Lipinski definition) is 4. The highest BCUT2D eigenvalue weighted by molar-refractivity contribution is 7.92. The van der Waals surface area contributed by atoms with Crippen LogP contribution in [0.3, 0.4) is 0 Å². The number of nitrogens with one attached hydrogen (secondary N) is 4. The van der Waals surface area contributed by atoms with Gasteiger partial charge in [0.25, 0.3) is 21.8 Å². The number of nitrogens with zero attached hydrogens (tertiary/aromatic N) is 9. The summed E-state index contributed by atoms with van der Waals surface area (Å²) in [4.78, 5) is 76.4. The summed E-state index contributed by atoms with van der Waals surface area (Å²) in [5.74, 6) is 0.564. The van der Waals surface area contributed by atoms with Gasteiger partial charge in [0, 0.05) is 119 Å². The van der Waals surface area contributed by atoms with Crippen molar-refractivity contribution in [1.82, 2.24) is 39.2 Å². The predicted molar refractivity (Wildman–Crippen MR) is 355 cm³/mol. The third-order valence-electron chi connectivity index (χ3n) is 14.4. The maximum Gasteiger partial charge on any atom is 0.261 e. The molecule has 474 valence electrons. The van der Waals surface area contributed by atoms with Crippen LogP contribution in [0.25, 0.3) is 17.0 Å². The summed E-state index contributed by atoms with van der Waals surface area (Å²) in [5.41, 5.74) is 5.41. The van der Waals surface area contributed by atoms with Gasteiger partial charge in [0.15, 0.2) is 0 Å². The number of carbonyl (C=O) groups is 4. The van der Waals surface area contributed by atoms with Crippen LogP contribution < -0.4 is 20.1 Å². The molecule has 89 heavy (non-hydrogen) atoms. The van der Waals surface area contributed by atoms with E-state index in [0.717, 1.165) is 11.3 Å². The largest absolute Gasteiger partial charge is 0.339 e. The van der Waals surface area contributed by atoms with Crippen molar-refractivity contribution in [3.63, 3.8) is 0 Å². The molecule has 0 atom stereocenters. The van der Waals surface area contributed by atoms with Crippen molar-refractivity contribution in [2.45, 2.75) is 90.4 Å². The molecule has 3 fully saturated rings. The van der Waals surface area contributed by atoms with Crippen LogP contribution >= 0.6 is 0 Å². The fourth-order valence-electron chi connectivity index (χ4n) is 9.50. The van der Waals surface area contributed by atoms with Crippen molar-refractivity contribution in [2.75, 3.05) is 93.9 Å². The molecule has 3 saturated heterocycles. The van der Waals surface area contributed by atoms with Crippen molar-refractivity contribution >= 4 is 84.6 Å². The number of guanidine groups is 1. The molecule has 0 unspecified atom stereocenters. The monoisotopic (exact) mass is 1250 g/mol. The maximum absolute atomic E-state index is 12.9. The first-order valence-electron chi connectivity index (χ1n) is 30.3. The van der Waals surface area contributed by atoms with Gasteiger partial charge >= 0.3 is 0 Å². The van der Waals surface area contributed by atoms with Gasteiger partial charge in [-0.05, 0) is 148 Å². The van der Waals surface area contributed by atoms with Crippen LogP contribution in [0.2, 0.25) is 0 Å². The lowest BCUT2D eigenvalue weighted by molar-refractivity contribution is -0.131. The zero-order chi connectivity index (χ0) is 64.3. The summed E-state index contributed by atoms with van der Waals surface area (Å²) in [6, 6.07) is 37.3. The molecule has 5 aromatic carbocycles. The van der Waals surface area contributed by atoms with E-state index in [1.54, 1.807) is 147 Å². The number of rotatable bonds is 18. The lowest BCUT2D eigenvalue weighted by Crippen LogP contribution is -2.50. The molecule has 0 aliphatic carbocycles. The van der Waals surface area contributed by atoms with Crippen molar-refractivity contribution in [1.29, 1.82) is 0 Å². The number of anilines is 4. The first-order valence-corrected chi connectivity index (χ1v) is 33.3. The number of para-hydroxylation sites is 1. The quantitative estimate of drug-likeness (QED) is 0.0462. The standard InChI is InChI=1S/C31H34N6O4S.C26H30N6O4S.C7H15N.C2H6/c1-4-18-32-31(34-27-14-10-26(11-15-27)30(39)37-21-19-36(20-22-37)24(3)38)33-23(2)25-12-16-29(17-13-25)42(40,41)35-28-8-6-5-7-9-28;1-3-13-28-37(35,36)23-10-6-20(7-11-23)24-12-14-27-26(30-24)29-22-8-4-21(5-9-22)25(34)32-17-15-31(16-18-32)19(2)33;1-2-5-8-6-3-4-7-8;1-2/h5-18,35H,2,4,19-22H2,1,3H3,(H,33,34);4-12,14,28H,3,13,15-18H2,1-2H3,(H,27,29,30);2-7H2,1H3;1-2H3/b32-18-;;;. The highest BCUT2D eigenvalue weighted by Gasteiger charge is 2.25. The van der Waals surface area contributed by atoms with E-state index in [9.17, 15) is 36.0 Å². The molecule has 0 spiro atoms. The Morgan fingerprint density at radius 1 is 0.573 bits per heavy atom. The van der Waals surface area contributed by atoms with Crippen LogP contribution in [-0.4, -0.2) is 166 Å². The number of benzene rings is 5. The third-order valence-corrected chi connectivity index (χ3v) is 17.2. The number of likely N-dealkylation sites (tertiary alicyclic amines) is 1. The molecular weight excluding hydrogens is 1170 g/mol. The van der Waals surface area contributed by atoms with Gasteiger partial charge in [0.05, 0.1) is 21.2 Å². The van der Waals surface area contributed by atoms with Gasteiger partial charge in [0.1, 0.15) is 0 Å². The SMILES string of the molecule is C=C(N=C(/N=C\CC)Nc1ccc(C(=O)N2CCN(C(C)=O)CC2)cc1)c1ccc(S(=O)(=O)Nc2ccccc2)cc1.CC.CCCN1CCCC1.CCCNS(=O)(=O)c1ccc(-c2ccnc(Nc3ccc(C(=O)N4CCN(C(C)=O)CC4)cc3)n2)cc1. The van der Waals surface area contributed by atoms with E-state index in [4.69, 9.17) is 0 Å². The molecule has 0 bridgehead atoms. The molecular formula is C66H85N13O8S2. The van der Waals surface area contributed by atoms with Crippen LogP contribution in [0, 0.1) is 0 Å². The minimum Gasteiger partial charge on any atom is -0.339 e. The molecule has 0 saturated carbocycles. The number of hydrogen-bond acceptors (Lipinski definition) is 13. The first kappa shape index (κ1) is 69.5. The second-order valence-corrected chi connectivity index (χ2v) is 24.3. The van der Waals surface area contributed by atoms with Crippen molar-refractivity contribution in [2.24, 2.45) is 9.98 Å². The number of carbonyl (C=O) groups excluding carboxylic acids is 4. The number of aliphatic imine (C=N–C) groups is 2. The molecule has 21 nitrogen and oxygen atoms in total. The fraction of sp³-hybridized carbons (Fsp3) is 0.364. The summed E-state index contributed by atoms with van der Waals surface area (Å²) in [6.07, 6.45) is 8.92. The lowest BCUT2D eigenvalue weighted by atomic mass is 10.1. The Hall–Kier alpha value is -8.64. The van der Waals surface area contributed by atoms with Crippen molar-refractivity contribution < 1.29 is 36.0 Å². The number of aromatic nitrogens is 2. The number of piperazine rings is 2. The smallest absolute Gasteiger partial charge is 0.261 e. The minimum absolute atomic E-state index is 0.0181. The van der Waals surface area contributed by atoms with E-state index in [2.05, 4.69) is 58.4 Å². The Morgan fingerprint density at radius 3 is 1.57 bits per heavy atom. The minimum atomic E-state index is -3.75. The van der Waals surface area contributed by atoms with Crippen molar-refractivity contribution in [3.05, 3.63) is 163 Å². The van der Waals surface area contributed by atoms with E-state index in [-0.39, 0.29) is 33.4 Å². The van der Waals surface area contributed by atoms with Gasteiger partial charge in [0.2, 0.25) is 33.7 Å². The topological polar surface area (TPSA) is 251 Å². The van der Waals surface area contributed by atoms with Crippen LogP contribution in [0.1, 0.15) is 107 Å². The normalized spacial score (nSPS) is 14.5. The lowest BCUT2D eigenvalue weighted by Gasteiger charge is -2.34. The average molecular weight is 1250 g/mol. The molecule has 3 aliphatic heterocycles. The second kappa shape index (κ2) is 34.8. The Labute approximate surface area is 525 Å². The van der Waals surface area contributed by atoms with E-state index in [1.807, 2.05) is 33.8 Å². The van der Waals surface area contributed by atoms with Gasteiger partial charge in [-0.15, -0.1) is 0 Å². The van der Waals surface area contributed by atoms with Crippen LogP contribution in [0.5, 0.6) is 0 Å². The van der Waals surface area contributed by atoms with Gasteiger partial charge in [-0.25, -0.2) is 41.5 Å². The predicted octanol–water partition coefficient (Wildman–Crippen LogP) is 10.1. The molecule has 4 N–H and O–H groups in total. The fourth-order valence-corrected chi connectivity index (χ4v) is 11.7. The highest BCUT2D eigenvalue weighted by Crippen LogP contribution is 2.24. The Bertz CT molecular complexity index is 3550. The molecule has 1 aromatic heterocycles. The van der Waals surface area contributed by atoms with Gasteiger partial charge < -0.3 is 35.1 Å². The summed E-state index contributed by atoms with van der Waals surface area (Å²) in [6.45, 7) is 25.8. The average Bonchev–Trinajstić information content (AvgIpc) is 3.99. The molecule has 9 rings (SSSR count). The third kappa shape index (κ3) is 21.3. The first-order chi connectivity index (χ1) is 42.9. The highest BCUT2D eigenvalue weighted by atomic mass is 32.2. The van der Waals surface area contributed by atoms with E-state index < -0.39 is 20.0 Å². The van der Waals surface area contributed by atoms with Crippen LogP contribution in [-0.2, 0) is 29.6 Å². The number of sulfonamides is 2. The Balaban J connectivity index is 0.000000247. The maximum atomic E-state index is 12.9. The Morgan fingerprint density at radius 2 is 1.07 bits per heavy atom. The summed E-state index contributed by atoms with van der Waals surface area (Å²) in [7, 11) is -7.28. The zero-order valence-corrected chi connectivity index (χ0v) is 53.8.